The molecule has 4 atom stereocenters. The first-order valence-electron chi connectivity index (χ1n) is 6.84. The van der Waals surface area contributed by atoms with Crippen molar-refractivity contribution in [2.75, 3.05) is 17.7 Å². The highest BCUT2D eigenvalue weighted by molar-refractivity contribution is 14.1. The molecule has 0 N–H and O–H groups in total. The Morgan fingerprint density at radius 1 is 1.43 bits per heavy atom. The minimum atomic E-state index is -1.26. The first-order chi connectivity index (χ1) is 10.1. The van der Waals surface area contributed by atoms with Gasteiger partial charge >= 0.3 is 0 Å². The van der Waals surface area contributed by atoms with E-state index in [1.54, 1.807) is 25.1 Å². The Morgan fingerprint density at radius 3 is 2.86 bits per heavy atom. The van der Waals surface area contributed by atoms with Crippen LogP contribution in [0.15, 0.2) is 29.3 Å². The van der Waals surface area contributed by atoms with Crippen molar-refractivity contribution in [2.45, 2.75) is 24.7 Å². The van der Waals surface area contributed by atoms with Gasteiger partial charge in [0.15, 0.2) is 5.90 Å². The highest BCUT2D eigenvalue weighted by Crippen LogP contribution is 2.47. The molecule has 114 valence electrons. The van der Waals surface area contributed by atoms with Crippen LogP contribution >= 0.6 is 22.6 Å². The maximum absolute atomic E-state index is 14.3. The van der Waals surface area contributed by atoms with Crippen molar-refractivity contribution in [3.8, 4) is 0 Å². The van der Waals surface area contributed by atoms with Crippen LogP contribution in [0.25, 0.3) is 0 Å². The largest absolute Gasteiger partial charge is 0.475 e. The molecule has 0 aromatic heterocycles. The lowest BCUT2D eigenvalue weighted by molar-refractivity contribution is 0.0461. The third kappa shape index (κ3) is 2.36. The fraction of sp³-hybridized carbons (Fsp3) is 0.533. The number of hydrogen-bond acceptors (Lipinski definition) is 3. The van der Waals surface area contributed by atoms with Gasteiger partial charge in [0.25, 0.3) is 0 Å². The maximum atomic E-state index is 14.3. The summed E-state index contributed by atoms with van der Waals surface area (Å²) in [6.07, 6.45) is -0.472. The zero-order valence-electron chi connectivity index (χ0n) is 11.6. The zero-order chi connectivity index (χ0) is 15.0. The first-order valence-corrected chi connectivity index (χ1v) is 8.36. The monoisotopic (exact) mass is 407 g/mol. The molecule has 0 spiro atoms. The van der Waals surface area contributed by atoms with Crippen molar-refractivity contribution in [3.63, 3.8) is 0 Å². The van der Waals surface area contributed by atoms with E-state index in [1.807, 2.05) is 0 Å². The van der Waals surface area contributed by atoms with Crippen molar-refractivity contribution >= 4 is 28.5 Å². The van der Waals surface area contributed by atoms with E-state index < -0.39 is 18.0 Å². The molecular formula is C15H16F2INO2. The Labute approximate surface area is 135 Å². The van der Waals surface area contributed by atoms with Gasteiger partial charge in [-0.25, -0.2) is 13.8 Å². The molecule has 1 fully saturated rings. The molecule has 6 heteroatoms. The summed E-state index contributed by atoms with van der Waals surface area (Å²) in [7, 11) is 0. The third-order valence-electron chi connectivity index (χ3n) is 4.20. The molecule has 2 heterocycles. The lowest BCUT2D eigenvalue weighted by atomic mass is 9.74. The average molecular weight is 407 g/mol. The van der Waals surface area contributed by atoms with Gasteiger partial charge in [-0.2, -0.15) is 0 Å². The van der Waals surface area contributed by atoms with Gasteiger partial charge in [-0.15, -0.1) is 0 Å². The fourth-order valence-corrected chi connectivity index (χ4v) is 4.17. The number of fused-ring (bicyclic) bond motifs is 1. The standard InChI is InChI=1S/C15H16F2INO2/c1-9-19-15(8-16,10-4-2-3-5-11(10)17)14-12(6-18)20-7-13(14)21-9/h2-5,12-14H,6-8H2,1H3/t12-,13+,14-,15+/m0/s1. The molecule has 0 unspecified atom stereocenters. The van der Waals surface area contributed by atoms with E-state index in [4.69, 9.17) is 9.47 Å². The van der Waals surface area contributed by atoms with Crippen LogP contribution in [-0.2, 0) is 15.0 Å². The van der Waals surface area contributed by atoms with Crippen molar-refractivity contribution in [1.82, 2.24) is 0 Å². The SMILES string of the molecule is CC1=N[C@](CF)(c2ccccc2F)[C@H]2[C@H](CI)OC[C@H]2O1. The molecule has 1 saturated heterocycles. The summed E-state index contributed by atoms with van der Waals surface area (Å²) in [4.78, 5) is 4.40. The number of benzene rings is 1. The van der Waals surface area contributed by atoms with Gasteiger partial charge in [0.1, 0.15) is 24.1 Å². The molecule has 3 rings (SSSR count). The second-order valence-corrected chi connectivity index (χ2v) is 6.26. The Hall–Kier alpha value is -0.760. The fourth-order valence-electron chi connectivity index (χ4n) is 3.37. The summed E-state index contributed by atoms with van der Waals surface area (Å²) in [6.45, 7) is 1.30. The Balaban J connectivity index is 2.17. The molecule has 1 aromatic rings. The molecule has 21 heavy (non-hydrogen) atoms. The average Bonchev–Trinajstić information content (AvgIpc) is 2.90. The minimum Gasteiger partial charge on any atom is -0.475 e. The number of ether oxygens (including phenoxy) is 2. The lowest BCUT2D eigenvalue weighted by Crippen LogP contribution is -2.51. The normalized spacial score (nSPS) is 35.0. The number of rotatable bonds is 3. The van der Waals surface area contributed by atoms with Crippen LogP contribution in [0.1, 0.15) is 12.5 Å². The topological polar surface area (TPSA) is 30.8 Å². The van der Waals surface area contributed by atoms with Crippen molar-refractivity contribution in [3.05, 3.63) is 35.6 Å². The molecule has 0 aliphatic carbocycles. The molecule has 0 saturated carbocycles. The summed E-state index contributed by atoms with van der Waals surface area (Å²) in [6, 6.07) is 6.26. The van der Waals surface area contributed by atoms with E-state index in [1.165, 1.54) is 6.07 Å². The second kappa shape index (κ2) is 5.79. The number of alkyl halides is 2. The first kappa shape index (κ1) is 15.1. The van der Waals surface area contributed by atoms with Gasteiger partial charge in [-0.1, -0.05) is 40.8 Å². The molecule has 2 aliphatic heterocycles. The van der Waals surface area contributed by atoms with Crippen LogP contribution < -0.4 is 0 Å². The van der Waals surface area contributed by atoms with Crippen molar-refractivity contribution < 1.29 is 18.3 Å². The van der Waals surface area contributed by atoms with Crippen LogP contribution in [0, 0.1) is 11.7 Å². The van der Waals surface area contributed by atoms with Gasteiger partial charge in [0.05, 0.1) is 18.6 Å². The molecule has 0 bridgehead atoms. The maximum Gasteiger partial charge on any atom is 0.181 e. The number of aliphatic imine (C=N–C) groups is 1. The smallest absolute Gasteiger partial charge is 0.181 e. The molecule has 2 aliphatic rings. The predicted octanol–water partition coefficient (Wildman–Crippen LogP) is 3.26. The highest BCUT2D eigenvalue weighted by Gasteiger charge is 2.56. The highest BCUT2D eigenvalue weighted by atomic mass is 127. The van der Waals surface area contributed by atoms with Gasteiger partial charge in [-0.05, 0) is 6.07 Å². The van der Waals surface area contributed by atoms with Crippen LogP contribution in [0.5, 0.6) is 0 Å². The number of hydrogen-bond donors (Lipinski definition) is 0. The Kier molecular flexibility index (Phi) is 4.18. The molecule has 1 aromatic carbocycles. The Morgan fingerprint density at radius 2 is 2.19 bits per heavy atom. The van der Waals surface area contributed by atoms with E-state index in [9.17, 15) is 8.78 Å². The number of halogens is 3. The predicted molar refractivity (Wildman–Crippen MR) is 84.2 cm³/mol. The molecule has 0 radical (unpaired) electrons. The zero-order valence-corrected chi connectivity index (χ0v) is 13.7. The minimum absolute atomic E-state index is 0.192. The van der Waals surface area contributed by atoms with Crippen LogP contribution in [-0.4, -0.2) is 35.8 Å². The van der Waals surface area contributed by atoms with Gasteiger partial charge in [0, 0.05) is 16.9 Å². The van der Waals surface area contributed by atoms with Crippen molar-refractivity contribution in [1.29, 1.82) is 0 Å². The second-order valence-electron chi connectivity index (χ2n) is 5.38. The van der Waals surface area contributed by atoms with E-state index in [0.717, 1.165) is 0 Å². The van der Waals surface area contributed by atoms with E-state index in [-0.39, 0.29) is 23.7 Å². The Bertz CT molecular complexity index is 568. The summed E-state index contributed by atoms with van der Waals surface area (Å²) in [5.74, 6) is -0.374. The summed E-state index contributed by atoms with van der Waals surface area (Å²) < 4.78 is 40.5. The van der Waals surface area contributed by atoms with Crippen LogP contribution in [0.4, 0.5) is 8.78 Å². The van der Waals surface area contributed by atoms with Crippen LogP contribution in [0.2, 0.25) is 0 Å². The summed E-state index contributed by atoms with van der Waals surface area (Å²) in [5, 5.41) is 0. The van der Waals surface area contributed by atoms with Gasteiger partial charge < -0.3 is 9.47 Å². The van der Waals surface area contributed by atoms with E-state index >= 15 is 0 Å². The summed E-state index contributed by atoms with van der Waals surface area (Å²) in [5.41, 5.74) is -0.976. The third-order valence-corrected chi connectivity index (χ3v) is 5.07. The molecular weight excluding hydrogens is 391 g/mol. The summed E-state index contributed by atoms with van der Waals surface area (Å²) >= 11 is 2.20. The van der Waals surface area contributed by atoms with E-state index in [0.29, 0.717) is 16.9 Å². The van der Waals surface area contributed by atoms with Gasteiger partial charge in [-0.3, -0.25) is 0 Å². The quantitative estimate of drug-likeness (QED) is 0.569. The van der Waals surface area contributed by atoms with Crippen LogP contribution in [0.3, 0.4) is 0 Å². The van der Waals surface area contributed by atoms with Crippen molar-refractivity contribution in [2.24, 2.45) is 10.9 Å². The van der Waals surface area contributed by atoms with E-state index in [2.05, 4.69) is 27.6 Å². The molecule has 0 amide bonds. The number of nitrogens with zero attached hydrogens (tertiary/aromatic N) is 1. The molecule has 3 nitrogen and oxygen atoms in total. The van der Waals surface area contributed by atoms with Gasteiger partial charge in [0.2, 0.25) is 0 Å². The lowest BCUT2D eigenvalue weighted by Gasteiger charge is -2.41.